The van der Waals surface area contributed by atoms with Crippen molar-refractivity contribution in [2.45, 2.75) is 31.1 Å². The average Bonchev–Trinajstić information content (AvgIpc) is 3.53. The van der Waals surface area contributed by atoms with Crippen molar-refractivity contribution in [3.05, 3.63) is 138 Å². The lowest BCUT2D eigenvalue weighted by Gasteiger charge is -2.50. The van der Waals surface area contributed by atoms with E-state index in [0.29, 0.717) is 29.1 Å². The Morgan fingerprint density at radius 2 is 1.48 bits per heavy atom. The normalized spacial score (nSPS) is 27.1. The fourth-order valence-corrected chi connectivity index (χ4v) is 8.87. The van der Waals surface area contributed by atoms with Crippen LogP contribution in [-0.4, -0.2) is 47.0 Å². The van der Waals surface area contributed by atoms with E-state index in [1.807, 2.05) is 79.7 Å². The number of ether oxygens (including phenoxy) is 1. The molecule has 0 aromatic heterocycles. The number of fused-ring (bicyclic) bond motifs is 4. The number of aliphatic hydroxyl groups excluding tert-OH is 1. The van der Waals surface area contributed by atoms with E-state index in [-0.39, 0.29) is 43.3 Å². The van der Waals surface area contributed by atoms with E-state index in [4.69, 9.17) is 4.74 Å². The zero-order valence-corrected chi connectivity index (χ0v) is 27.6. The van der Waals surface area contributed by atoms with E-state index in [0.717, 1.165) is 16.7 Å². The Morgan fingerprint density at radius 3 is 2.16 bits per heavy atom. The zero-order valence-electron chi connectivity index (χ0n) is 27.6. The molecule has 9 nitrogen and oxygen atoms in total. The number of nitrogens with zero attached hydrogens (tertiary/aromatic N) is 2. The molecule has 0 bridgehead atoms. The van der Waals surface area contributed by atoms with Crippen molar-refractivity contribution < 1.29 is 29.0 Å². The Hall–Kier alpha value is -5.54. The smallest absolute Gasteiger partial charge is 0.260 e. The lowest BCUT2D eigenvalue weighted by molar-refractivity contribution is -0.138. The van der Waals surface area contributed by atoms with Gasteiger partial charge in [0, 0.05) is 5.92 Å². The second kappa shape index (κ2) is 12.4. The van der Waals surface area contributed by atoms with Gasteiger partial charge in [-0.15, -0.1) is 0 Å². The Balaban J connectivity index is 1.30. The van der Waals surface area contributed by atoms with Crippen molar-refractivity contribution >= 4 is 35.0 Å². The van der Waals surface area contributed by atoms with Crippen LogP contribution >= 0.6 is 0 Å². The number of nitrogens with one attached hydrogen (secondary N) is 1. The van der Waals surface area contributed by atoms with E-state index in [2.05, 4.69) is 11.5 Å². The van der Waals surface area contributed by atoms with Crippen molar-refractivity contribution in [3.63, 3.8) is 0 Å². The highest BCUT2D eigenvalue weighted by Crippen LogP contribution is 2.64. The van der Waals surface area contributed by atoms with E-state index >= 15 is 4.79 Å². The summed E-state index contributed by atoms with van der Waals surface area (Å²) in [5, 5.41) is 10.5. The molecule has 4 aromatic carbocycles. The van der Waals surface area contributed by atoms with Crippen molar-refractivity contribution in [1.82, 2.24) is 5.01 Å². The van der Waals surface area contributed by atoms with Crippen molar-refractivity contribution in [2.24, 2.45) is 23.7 Å². The van der Waals surface area contributed by atoms with Gasteiger partial charge in [0.2, 0.25) is 11.8 Å². The largest absolute Gasteiger partial charge is 0.491 e. The number of imide groups is 2. The van der Waals surface area contributed by atoms with Crippen LogP contribution in [0.1, 0.15) is 35.4 Å². The topological polar surface area (TPSA) is 116 Å². The SMILES string of the molecule is Cc1ccc(NN2C(=O)[C@@H]3C[C@@H]4C(=CC[C@@H]5C(=O)N(c6ccccc6)C(=O)[C@@H]54)[C@H](c4ccc(OCCO)cc4)[C@]3(c3ccccc3)C2=O)cc1. The first kappa shape index (κ1) is 31.7. The number of carbonyl (C=O) groups excluding carboxylic acids is 4. The summed E-state index contributed by atoms with van der Waals surface area (Å²) in [6.45, 7) is 1.97. The molecule has 0 unspecified atom stereocenters. The number of hydrazine groups is 1. The molecule has 252 valence electrons. The second-order valence-corrected chi connectivity index (χ2v) is 13.6. The fraction of sp³-hybridized carbons (Fsp3) is 0.268. The predicted molar refractivity (Wildman–Crippen MR) is 187 cm³/mol. The number of benzene rings is 4. The molecule has 4 amide bonds. The number of aliphatic hydroxyl groups is 1. The third kappa shape index (κ3) is 4.79. The summed E-state index contributed by atoms with van der Waals surface area (Å²) in [6, 6.07) is 33.4. The number of hydrogen-bond donors (Lipinski definition) is 2. The molecule has 1 saturated carbocycles. The standard InChI is InChI=1S/C41H37N3O6/c1-25-12-16-28(17-13-25)42-44-38(47)34-24-33-31(20-21-32-35(33)39(48)43(37(32)46)29-10-6-3-7-11-29)36(26-14-18-30(19-15-26)50-23-22-45)41(34,40(44)49)27-8-4-2-5-9-27/h2-20,32-36,42,45H,21-24H2,1H3/t32-,33+,34-,35-,36-,41+/m0/s1. The van der Waals surface area contributed by atoms with Gasteiger partial charge < -0.3 is 9.84 Å². The van der Waals surface area contributed by atoms with Gasteiger partial charge in [-0.1, -0.05) is 90.0 Å². The van der Waals surface area contributed by atoms with E-state index in [1.54, 1.807) is 36.4 Å². The van der Waals surface area contributed by atoms with Crippen LogP contribution in [-0.2, 0) is 24.6 Å². The van der Waals surface area contributed by atoms with Crippen molar-refractivity contribution in [2.75, 3.05) is 23.5 Å². The highest BCUT2D eigenvalue weighted by atomic mass is 16.5. The predicted octanol–water partition coefficient (Wildman–Crippen LogP) is 5.56. The van der Waals surface area contributed by atoms with Crippen molar-refractivity contribution in [1.29, 1.82) is 0 Å². The van der Waals surface area contributed by atoms with Crippen LogP contribution in [0.5, 0.6) is 5.75 Å². The Labute approximate surface area is 290 Å². The summed E-state index contributed by atoms with van der Waals surface area (Å²) >= 11 is 0. The summed E-state index contributed by atoms with van der Waals surface area (Å²) in [7, 11) is 0. The third-order valence-corrected chi connectivity index (χ3v) is 11.0. The first-order valence-electron chi connectivity index (χ1n) is 17.1. The van der Waals surface area contributed by atoms with Crippen LogP contribution in [0.2, 0.25) is 0 Å². The second-order valence-electron chi connectivity index (χ2n) is 13.6. The molecule has 2 heterocycles. The molecule has 2 aliphatic carbocycles. The lowest BCUT2D eigenvalue weighted by Crippen LogP contribution is -2.53. The van der Waals surface area contributed by atoms with Crippen LogP contribution in [0.3, 0.4) is 0 Å². The van der Waals surface area contributed by atoms with Crippen molar-refractivity contribution in [3.8, 4) is 5.75 Å². The molecule has 6 atom stereocenters. The zero-order chi connectivity index (χ0) is 34.6. The maximum atomic E-state index is 15.2. The maximum absolute atomic E-state index is 15.2. The molecule has 50 heavy (non-hydrogen) atoms. The minimum absolute atomic E-state index is 0.131. The molecule has 0 spiro atoms. The van der Waals surface area contributed by atoms with E-state index in [9.17, 15) is 19.5 Å². The van der Waals surface area contributed by atoms with Crippen LogP contribution in [0.4, 0.5) is 11.4 Å². The van der Waals surface area contributed by atoms with Gasteiger partial charge in [-0.2, -0.15) is 5.01 Å². The molecule has 2 saturated heterocycles. The molecule has 0 radical (unpaired) electrons. The number of amides is 4. The first-order valence-corrected chi connectivity index (χ1v) is 17.1. The number of rotatable bonds is 8. The molecule has 8 rings (SSSR count). The van der Waals surface area contributed by atoms with Gasteiger partial charge >= 0.3 is 0 Å². The summed E-state index contributed by atoms with van der Waals surface area (Å²) in [4.78, 5) is 59.6. The Morgan fingerprint density at radius 1 is 0.800 bits per heavy atom. The van der Waals surface area contributed by atoms with Crippen LogP contribution < -0.4 is 15.1 Å². The van der Waals surface area contributed by atoms with Crippen LogP contribution in [0, 0.1) is 30.6 Å². The molecule has 9 heteroatoms. The van der Waals surface area contributed by atoms with E-state index < -0.39 is 35.0 Å². The van der Waals surface area contributed by atoms with Crippen LogP contribution in [0.15, 0.2) is 121 Å². The van der Waals surface area contributed by atoms with E-state index in [1.165, 1.54) is 9.91 Å². The molecule has 2 N–H and O–H groups in total. The van der Waals surface area contributed by atoms with Gasteiger partial charge in [-0.25, -0.2) is 0 Å². The number of carbonyl (C=O) groups is 4. The third-order valence-electron chi connectivity index (χ3n) is 11.0. The maximum Gasteiger partial charge on any atom is 0.260 e. The van der Waals surface area contributed by atoms with Gasteiger partial charge in [0.1, 0.15) is 12.4 Å². The number of allylic oxidation sites excluding steroid dienone is 2. The quantitative estimate of drug-likeness (QED) is 0.187. The number of para-hydroxylation sites is 1. The minimum atomic E-state index is -1.34. The Bertz CT molecular complexity index is 2000. The highest BCUT2D eigenvalue weighted by molar-refractivity contribution is 6.22. The Kier molecular flexibility index (Phi) is 7.87. The van der Waals surface area contributed by atoms with Gasteiger partial charge in [0.05, 0.1) is 41.2 Å². The fourth-order valence-electron chi connectivity index (χ4n) is 8.87. The summed E-state index contributed by atoms with van der Waals surface area (Å²) in [5.74, 6) is -3.84. The minimum Gasteiger partial charge on any atom is -0.491 e. The van der Waals surface area contributed by atoms with Gasteiger partial charge in [0.25, 0.3) is 11.8 Å². The molecule has 4 aromatic rings. The molecule has 2 aliphatic heterocycles. The van der Waals surface area contributed by atoms with Gasteiger partial charge in [-0.05, 0) is 73.2 Å². The average molecular weight is 668 g/mol. The highest BCUT2D eigenvalue weighted by Gasteiger charge is 2.70. The lowest BCUT2D eigenvalue weighted by atomic mass is 9.49. The summed E-state index contributed by atoms with van der Waals surface area (Å²) in [5.41, 5.74) is 6.37. The monoisotopic (exact) mass is 667 g/mol. The molecular weight excluding hydrogens is 630 g/mol. The number of hydrogen-bond acceptors (Lipinski definition) is 7. The molecule has 4 aliphatic rings. The van der Waals surface area contributed by atoms with Gasteiger partial charge in [-0.3, -0.25) is 29.5 Å². The van der Waals surface area contributed by atoms with Gasteiger partial charge in [0.15, 0.2) is 0 Å². The first-order chi connectivity index (χ1) is 24.3. The number of anilines is 2. The number of aryl methyl sites for hydroxylation is 1. The summed E-state index contributed by atoms with van der Waals surface area (Å²) in [6.07, 6.45) is 2.64. The summed E-state index contributed by atoms with van der Waals surface area (Å²) < 4.78 is 5.68. The molecule has 3 fully saturated rings. The molecular formula is C41H37N3O6. The van der Waals surface area contributed by atoms with Crippen LogP contribution in [0.25, 0.3) is 0 Å².